The minimum absolute atomic E-state index is 0.174. The summed E-state index contributed by atoms with van der Waals surface area (Å²) < 4.78 is 7.22. The van der Waals surface area contributed by atoms with E-state index in [0.29, 0.717) is 17.8 Å². The fourth-order valence-corrected chi connectivity index (χ4v) is 1.85. The van der Waals surface area contributed by atoms with E-state index < -0.39 is 0 Å². The van der Waals surface area contributed by atoms with Crippen LogP contribution in [0.5, 0.6) is 0 Å². The predicted octanol–water partition coefficient (Wildman–Crippen LogP) is 1.96. The summed E-state index contributed by atoms with van der Waals surface area (Å²) in [5, 5.41) is 7.44. The van der Waals surface area contributed by atoms with E-state index in [1.165, 1.54) is 0 Å². The van der Waals surface area contributed by atoms with Gasteiger partial charge in [-0.25, -0.2) is 4.98 Å². The van der Waals surface area contributed by atoms with Crippen molar-refractivity contribution >= 4 is 0 Å². The Kier molecular flexibility index (Phi) is 4.31. The molecule has 0 bridgehead atoms. The summed E-state index contributed by atoms with van der Waals surface area (Å²) >= 11 is 0. The Labute approximate surface area is 113 Å². The molecule has 0 saturated heterocycles. The molecule has 0 aliphatic carbocycles. The van der Waals surface area contributed by atoms with E-state index in [1.807, 2.05) is 17.8 Å². The zero-order valence-electron chi connectivity index (χ0n) is 11.9. The molecule has 0 aliphatic heterocycles. The highest BCUT2D eigenvalue weighted by atomic mass is 16.5. The maximum atomic E-state index is 5.35. The van der Waals surface area contributed by atoms with E-state index in [-0.39, 0.29) is 5.92 Å². The average Bonchev–Trinajstić information content (AvgIpc) is 3.03. The second-order valence-corrected chi connectivity index (χ2v) is 4.85. The van der Waals surface area contributed by atoms with E-state index in [9.17, 15) is 0 Å². The van der Waals surface area contributed by atoms with Crippen LogP contribution in [0.2, 0.25) is 0 Å². The highest BCUT2D eigenvalue weighted by Gasteiger charge is 2.21. The Morgan fingerprint density at radius 3 is 2.84 bits per heavy atom. The van der Waals surface area contributed by atoms with Crippen molar-refractivity contribution in [2.45, 2.75) is 39.2 Å². The third-order valence-corrected chi connectivity index (χ3v) is 3.32. The van der Waals surface area contributed by atoms with Crippen LogP contribution >= 0.6 is 0 Å². The highest BCUT2D eigenvalue weighted by molar-refractivity contribution is 5.42. The van der Waals surface area contributed by atoms with Crippen molar-refractivity contribution in [3.8, 4) is 11.6 Å². The summed E-state index contributed by atoms with van der Waals surface area (Å²) in [6.45, 7) is 7.36. The first-order valence-electron chi connectivity index (χ1n) is 6.68. The summed E-state index contributed by atoms with van der Waals surface area (Å²) in [4.78, 5) is 8.66. The van der Waals surface area contributed by atoms with E-state index in [4.69, 9.17) is 4.52 Å². The molecule has 2 heterocycles. The Morgan fingerprint density at radius 2 is 2.21 bits per heavy atom. The molecule has 0 spiro atoms. The van der Waals surface area contributed by atoms with Crippen LogP contribution in [0.4, 0.5) is 0 Å². The monoisotopic (exact) mass is 263 g/mol. The standard InChI is InChI=1S/C13H21N5O/c1-5-6-14-10(3)9(2)13-16-11(17-19-13)12-15-7-8-18(12)4/h7-10,14H,5-6H2,1-4H3. The Hall–Kier alpha value is -1.69. The second-order valence-electron chi connectivity index (χ2n) is 4.85. The molecule has 2 atom stereocenters. The molecular formula is C13H21N5O. The van der Waals surface area contributed by atoms with Gasteiger partial charge in [0.05, 0.1) is 5.92 Å². The first-order chi connectivity index (χ1) is 9.13. The van der Waals surface area contributed by atoms with Crippen molar-refractivity contribution in [3.63, 3.8) is 0 Å². The summed E-state index contributed by atoms with van der Waals surface area (Å²) in [5.41, 5.74) is 0. The molecule has 0 radical (unpaired) electrons. The molecule has 19 heavy (non-hydrogen) atoms. The van der Waals surface area contributed by atoms with Crippen LogP contribution < -0.4 is 5.32 Å². The molecule has 6 nitrogen and oxygen atoms in total. The number of nitrogens with one attached hydrogen (secondary N) is 1. The van der Waals surface area contributed by atoms with Crippen LogP contribution in [-0.4, -0.2) is 32.3 Å². The van der Waals surface area contributed by atoms with Crippen LogP contribution in [0.25, 0.3) is 11.6 Å². The molecule has 0 amide bonds. The van der Waals surface area contributed by atoms with Gasteiger partial charge in [-0.15, -0.1) is 0 Å². The van der Waals surface area contributed by atoms with Gasteiger partial charge in [-0.05, 0) is 19.9 Å². The third-order valence-electron chi connectivity index (χ3n) is 3.32. The zero-order valence-corrected chi connectivity index (χ0v) is 11.9. The molecule has 0 fully saturated rings. The van der Waals surface area contributed by atoms with Gasteiger partial charge in [0.25, 0.3) is 0 Å². The van der Waals surface area contributed by atoms with Crippen molar-refractivity contribution in [1.29, 1.82) is 0 Å². The molecule has 2 unspecified atom stereocenters. The van der Waals surface area contributed by atoms with Gasteiger partial charge in [-0.2, -0.15) is 4.98 Å². The van der Waals surface area contributed by atoms with Gasteiger partial charge in [-0.1, -0.05) is 19.0 Å². The SMILES string of the molecule is CCCNC(C)C(C)c1nc(-c2nccn2C)no1. The van der Waals surface area contributed by atoms with Gasteiger partial charge < -0.3 is 14.4 Å². The number of hydrogen-bond donors (Lipinski definition) is 1. The normalized spacial score (nSPS) is 14.5. The minimum atomic E-state index is 0.174. The van der Waals surface area contributed by atoms with Gasteiger partial charge >= 0.3 is 0 Å². The van der Waals surface area contributed by atoms with Crippen LogP contribution in [0.3, 0.4) is 0 Å². The minimum Gasteiger partial charge on any atom is -0.339 e. The molecule has 2 rings (SSSR count). The first-order valence-corrected chi connectivity index (χ1v) is 6.68. The lowest BCUT2D eigenvalue weighted by atomic mass is 10.0. The molecule has 0 aliphatic rings. The zero-order chi connectivity index (χ0) is 13.8. The van der Waals surface area contributed by atoms with Crippen LogP contribution in [0.1, 0.15) is 39.0 Å². The molecule has 0 saturated carbocycles. The van der Waals surface area contributed by atoms with E-state index in [1.54, 1.807) is 6.20 Å². The Morgan fingerprint density at radius 1 is 1.42 bits per heavy atom. The second kappa shape index (κ2) is 5.97. The lowest BCUT2D eigenvalue weighted by Crippen LogP contribution is -2.31. The largest absolute Gasteiger partial charge is 0.339 e. The maximum absolute atomic E-state index is 5.35. The van der Waals surface area contributed by atoms with Gasteiger partial charge in [0, 0.05) is 25.5 Å². The predicted molar refractivity (Wildman–Crippen MR) is 72.7 cm³/mol. The van der Waals surface area contributed by atoms with Crippen molar-refractivity contribution in [2.75, 3.05) is 6.54 Å². The summed E-state index contributed by atoms with van der Waals surface area (Å²) in [6.07, 6.45) is 4.69. The quantitative estimate of drug-likeness (QED) is 0.862. The molecule has 6 heteroatoms. The number of rotatable bonds is 6. The smallest absolute Gasteiger partial charge is 0.238 e. The molecule has 2 aromatic heterocycles. The summed E-state index contributed by atoms with van der Waals surface area (Å²) in [6, 6.07) is 0.301. The highest BCUT2D eigenvalue weighted by Crippen LogP contribution is 2.20. The van der Waals surface area contributed by atoms with E-state index in [2.05, 4.69) is 41.2 Å². The topological polar surface area (TPSA) is 68.8 Å². The van der Waals surface area contributed by atoms with Crippen LogP contribution in [0, 0.1) is 0 Å². The number of hydrogen-bond acceptors (Lipinski definition) is 5. The van der Waals surface area contributed by atoms with E-state index in [0.717, 1.165) is 18.8 Å². The fraction of sp³-hybridized carbons (Fsp3) is 0.615. The summed E-state index contributed by atoms with van der Waals surface area (Å²) in [5.74, 6) is 2.08. The Bertz CT molecular complexity index is 519. The number of aryl methyl sites for hydroxylation is 1. The molecule has 104 valence electrons. The number of aromatic nitrogens is 4. The number of imidazole rings is 1. The van der Waals surface area contributed by atoms with Crippen molar-refractivity contribution in [1.82, 2.24) is 25.0 Å². The van der Waals surface area contributed by atoms with Crippen molar-refractivity contribution < 1.29 is 4.52 Å². The molecule has 1 N–H and O–H groups in total. The fourth-order valence-electron chi connectivity index (χ4n) is 1.85. The lowest BCUT2D eigenvalue weighted by molar-refractivity contribution is 0.331. The molecule has 2 aromatic rings. The van der Waals surface area contributed by atoms with Crippen LogP contribution in [-0.2, 0) is 7.05 Å². The van der Waals surface area contributed by atoms with Crippen LogP contribution in [0.15, 0.2) is 16.9 Å². The molecular weight excluding hydrogens is 242 g/mol. The molecule has 0 aromatic carbocycles. The Balaban J connectivity index is 2.10. The average molecular weight is 263 g/mol. The number of nitrogens with zero attached hydrogens (tertiary/aromatic N) is 4. The van der Waals surface area contributed by atoms with Gasteiger partial charge in [0.1, 0.15) is 0 Å². The lowest BCUT2D eigenvalue weighted by Gasteiger charge is -2.17. The van der Waals surface area contributed by atoms with Gasteiger partial charge in [0.15, 0.2) is 5.82 Å². The van der Waals surface area contributed by atoms with Gasteiger partial charge in [-0.3, -0.25) is 0 Å². The maximum Gasteiger partial charge on any atom is 0.238 e. The first kappa shape index (κ1) is 13.7. The summed E-state index contributed by atoms with van der Waals surface area (Å²) in [7, 11) is 1.91. The van der Waals surface area contributed by atoms with E-state index >= 15 is 0 Å². The van der Waals surface area contributed by atoms with Crippen molar-refractivity contribution in [2.24, 2.45) is 7.05 Å². The third kappa shape index (κ3) is 3.01. The van der Waals surface area contributed by atoms with Crippen molar-refractivity contribution in [3.05, 3.63) is 18.3 Å². The van der Waals surface area contributed by atoms with Gasteiger partial charge in [0.2, 0.25) is 11.7 Å².